The lowest BCUT2D eigenvalue weighted by Crippen LogP contribution is -2.46. The lowest BCUT2D eigenvalue weighted by molar-refractivity contribution is -0.138. The molecule has 20 heavy (non-hydrogen) atoms. The van der Waals surface area contributed by atoms with E-state index in [4.69, 9.17) is 10.2 Å². The second-order valence-corrected chi connectivity index (χ2v) is 5.92. The first kappa shape index (κ1) is 15.1. The van der Waals surface area contributed by atoms with Crippen LogP contribution in [0.4, 0.5) is 4.79 Å². The Morgan fingerprint density at radius 2 is 1.60 bits per heavy atom. The van der Waals surface area contributed by atoms with Crippen LogP contribution < -0.4 is 0 Å². The first-order valence-corrected chi connectivity index (χ1v) is 7.46. The van der Waals surface area contributed by atoms with E-state index in [0.717, 1.165) is 38.8 Å². The molecule has 0 radical (unpaired) electrons. The number of hydrogen-bond acceptors (Lipinski definition) is 3. The Bertz CT molecular complexity index is 353. The van der Waals surface area contributed by atoms with Gasteiger partial charge in [0.1, 0.15) is 0 Å². The van der Waals surface area contributed by atoms with E-state index in [9.17, 15) is 9.59 Å². The van der Waals surface area contributed by atoms with Gasteiger partial charge in [-0.1, -0.05) is 0 Å². The number of nitrogens with zero attached hydrogens (tertiary/aromatic N) is 2. The summed E-state index contributed by atoms with van der Waals surface area (Å²) in [4.78, 5) is 26.8. The van der Waals surface area contributed by atoms with E-state index in [-0.39, 0.29) is 25.0 Å². The van der Waals surface area contributed by atoms with Crippen LogP contribution in [0.5, 0.6) is 0 Å². The number of aliphatic carboxylic acids is 1. The molecule has 0 aliphatic carbocycles. The van der Waals surface area contributed by atoms with Gasteiger partial charge in [0.2, 0.25) is 0 Å². The molecular formula is C14H24N2O4. The van der Waals surface area contributed by atoms with Crippen LogP contribution in [0, 0.1) is 11.8 Å². The van der Waals surface area contributed by atoms with Crippen molar-refractivity contribution in [1.29, 1.82) is 0 Å². The van der Waals surface area contributed by atoms with Crippen molar-refractivity contribution in [2.45, 2.75) is 32.1 Å². The quantitative estimate of drug-likeness (QED) is 0.807. The number of carbonyl (C=O) groups excluding carboxylic acids is 1. The van der Waals surface area contributed by atoms with Crippen molar-refractivity contribution in [3.05, 3.63) is 0 Å². The number of aliphatic hydroxyl groups is 1. The third-order valence-electron chi connectivity index (χ3n) is 4.44. The Morgan fingerprint density at radius 1 is 1.00 bits per heavy atom. The summed E-state index contributed by atoms with van der Waals surface area (Å²) in [6, 6.07) is 0.0826. The van der Waals surface area contributed by atoms with Gasteiger partial charge in [-0.15, -0.1) is 0 Å². The molecule has 0 aromatic carbocycles. The van der Waals surface area contributed by atoms with Gasteiger partial charge in [0, 0.05) is 39.2 Å². The number of hydrogen-bond donors (Lipinski definition) is 2. The van der Waals surface area contributed by atoms with Gasteiger partial charge in [-0.25, -0.2) is 4.79 Å². The summed E-state index contributed by atoms with van der Waals surface area (Å²) in [6.45, 7) is 3.04. The highest BCUT2D eigenvalue weighted by atomic mass is 16.4. The van der Waals surface area contributed by atoms with Crippen molar-refractivity contribution in [2.24, 2.45) is 11.8 Å². The van der Waals surface area contributed by atoms with Crippen LogP contribution in [0.25, 0.3) is 0 Å². The SMILES string of the molecule is O=C(O)CC1CCN(C(=O)N2CCC(CCO)C2)CC1. The maximum Gasteiger partial charge on any atom is 0.320 e. The van der Waals surface area contributed by atoms with E-state index in [1.165, 1.54) is 0 Å². The van der Waals surface area contributed by atoms with E-state index in [1.807, 2.05) is 9.80 Å². The number of aliphatic hydroxyl groups excluding tert-OH is 1. The predicted molar refractivity (Wildman–Crippen MR) is 73.3 cm³/mol. The molecule has 0 spiro atoms. The molecule has 6 nitrogen and oxygen atoms in total. The van der Waals surface area contributed by atoms with Crippen LogP contribution >= 0.6 is 0 Å². The lowest BCUT2D eigenvalue weighted by atomic mass is 9.94. The molecule has 114 valence electrons. The Morgan fingerprint density at radius 3 is 2.20 bits per heavy atom. The molecule has 2 saturated heterocycles. The maximum atomic E-state index is 12.4. The van der Waals surface area contributed by atoms with Crippen molar-refractivity contribution < 1.29 is 19.8 Å². The molecule has 0 bridgehead atoms. The Balaban J connectivity index is 1.76. The molecule has 0 aromatic rings. The van der Waals surface area contributed by atoms with Gasteiger partial charge in [0.15, 0.2) is 0 Å². The fourth-order valence-electron chi connectivity index (χ4n) is 3.20. The van der Waals surface area contributed by atoms with Crippen LogP contribution in [-0.4, -0.2) is 64.8 Å². The zero-order valence-electron chi connectivity index (χ0n) is 11.8. The average molecular weight is 284 g/mol. The smallest absolute Gasteiger partial charge is 0.320 e. The topological polar surface area (TPSA) is 81.1 Å². The largest absolute Gasteiger partial charge is 0.481 e. The molecule has 2 N–H and O–H groups in total. The van der Waals surface area contributed by atoms with Gasteiger partial charge in [-0.2, -0.15) is 0 Å². The van der Waals surface area contributed by atoms with Gasteiger partial charge < -0.3 is 20.0 Å². The van der Waals surface area contributed by atoms with Gasteiger partial charge in [0.05, 0.1) is 0 Å². The summed E-state index contributed by atoms with van der Waals surface area (Å²) in [5.41, 5.74) is 0. The summed E-state index contributed by atoms with van der Waals surface area (Å²) in [5.74, 6) is -0.119. The first-order valence-electron chi connectivity index (χ1n) is 7.46. The number of rotatable bonds is 4. The molecule has 1 unspecified atom stereocenters. The van der Waals surface area contributed by atoms with E-state index in [0.29, 0.717) is 19.0 Å². The minimum Gasteiger partial charge on any atom is -0.481 e. The second kappa shape index (κ2) is 6.92. The fraction of sp³-hybridized carbons (Fsp3) is 0.857. The highest BCUT2D eigenvalue weighted by Crippen LogP contribution is 2.24. The third-order valence-corrected chi connectivity index (χ3v) is 4.44. The molecule has 1 atom stereocenters. The fourth-order valence-corrected chi connectivity index (χ4v) is 3.20. The number of piperidine rings is 1. The van der Waals surface area contributed by atoms with E-state index >= 15 is 0 Å². The molecule has 2 amide bonds. The lowest BCUT2D eigenvalue weighted by Gasteiger charge is -2.34. The highest BCUT2D eigenvalue weighted by Gasteiger charge is 2.31. The van der Waals surface area contributed by atoms with Gasteiger partial charge in [-0.05, 0) is 37.5 Å². The molecule has 2 heterocycles. The number of carboxylic acid groups (broad SMARTS) is 1. The van der Waals surface area contributed by atoms with Gasteiger partial charge in [-0.3, -0.25) is 4.79 Å². The number of urea groups is 1. The molecule has 2 aliphatic rings. The number of likely N-dealkylation sites (tertiary alicyclic amines) is 2. The summed E-state index contributed by atoms with van der Waals surface area (Å²) >= 11 is 0. The highest BCUT2D eigenvalue weighted by molar-refractivity contribution is 5.75. The zero-order chi connectivity index (χ0) is 14.5. The number of amides is 2. The monoisotopic (exact) mass is 284 g/mol. The Kier molecular flexibility index (Phi) is 5.23. The number of carboxylic acids is 1. The average Bonchev–Trinajstić information content (AvgIpc) is 2.87. The van der Waals surface area contributed by atoms with E-state index in [2.05, 4.69) is 0 Å². The first-order chi connectivity index (χ1) is 9.60. The minimum atomic E-state index is -0.749. The van der Waals surface area contributed by atoms with Crippen molar-refractivity contribution in [3.63, 3.8) is 0 Å². The molecule has 2 rings (SSSR count). The molecule has 0 saturated carbocycles. The molecule has 2 fully saturated rings. The molecule has 0 aromatic heterocycles. The van der Waals surface area contributed by atoms with Crippen molar-refractivity contribution in [1.82, 2.24) is 9.80 Å². The Hall–Kier alpha value is -1.30. The van der Waals surface area contributed by atoms with Crippen LogP contribution in [0.1, 0.15) is 32.1 Å². The predicted octanol–water partition coefficient (Wildman–Crippen LogP) is 0.997. The van der Waals surface area contributed by atoms with Crippen molar-refractivity contribution in [2.75, 3.05) is 32.8 Å². The normalized spacial score (nSPS) is 24.1. The van der Waals surface area contributed by atoms with Crippen LogP contribution in [0.2, 0.25) is 0 Å². The molecular weight excluding hydrogens is 260 g/mol. The third kappa shape index (κ3) is 3.85. The van der Waals surface area contributed by atoms with Gasteiger partial charge in [0.25, 0.3) is 0 Å². The van der Waals surface area contributed by atoms with Crippen LogP contribution in [-0.2, 0) is 4.79 Å². The zero-order valence-corrected chi connectivity index (χ0v) is 11.8. The summed E-state index contributed by atoms with van der Waals surface area (Å²) in [7, 11) is 0. The standard InChI is InChI=1S/C14H24N2O4/c17-8-4-12-3-7-16(10-12)14(20)15-5-1-11(2-6-15)9-13(18)19/h11-12,17H,1-10H2,(H,18,19). The second-order valence-electron chi connectivity index (χ2n) is 5.92. The maximum absolute atomic E-state index is 12.4. The van der Waals surface area contributed by atoms with E-state index in [1.54, 1.807) is 0 Å². The van der Waals surface area contributed by atoms with Crippen molar-refractivity contribution >= 4 is 12.0 Å². The van der Waals surface area contributed by atoms with Crippen LogP contribution in [0.15, 0.2) is 0 Å². The summed E-state index contributed by atoms with van der Waals surface area (Å²) in [6.07, 6.45) is 3.52. The summed E-state index contributed by atoms with van der Waals surface area (Å²) in [5, 5.41) is 17.7. The molecule has 6 heteroatoms. The van der Waals surface area contributed by atoms with E-state index < -0.39 is 5.97 Å². The molecule has 2 aliphatic heterocycles. The minimum absolute atomic E-state index is 0.0826. The Labute approximate surface area is 119 Å². The number of carbonyl (C=O) groups is 2. The van der Waals surface area contributed by atoms with Gasteiger partial charge >= 0.3 is 12.0 Å². The summed E-state index contributed by atoms with van der Waals surface area (Å²) < 4.78 is 0. The van der Waals surface area contributed by atoms with Crippen molar-refractivity contribution in [3.8, 4) is 0 Å². The van der Waals surface area contributed by atoms with Crippen LogP contribution in [0.3, 0.4) is 0 Å².